The number of fused-ring (bicyclic) bond motifs is 1. The number of alkyl halides is 3. The van der Waals surface area contributed by atoms with E-state index in [4.69, 9.17) is 0 Å². The molecular weight excluding hydrogens is 265 g/mol. The minimum atomic E-state index is -4.38. The van der Waals surface area contributed by atoms with Crippen LogP contribution in [-0.2, 0) is 12.7 Å². The molecule has 2 heterocycles. The van der Waals surface area contributed by atoms with Crippen LogP contribution in [0, 0.1) is 0 Å². The Kier molecular flexibility index (Phi) is 2.97. The molecule has 102 valence electrons. The highest BCUT2D eigenvalue weighted by atomic mass is 19.4. The lowest BCUT2D eigenvalue weighted by Crippen LogP contribution is -2.12. The van der Waals surface area contributed by atoms with Crippen molar-refractivity contribution in [2.24, 2.45) is 0 Å². The molecule has 2 nitrogen and oxygen atoms in total. The maximum Gasteiger partial charge on any atom is 0.418 e. The van der Waals surface area contributed by atoms with Crippen LogP contribution in [-0.4, -0.2) is 9.55 Å². The second-order valence-electron chi connectivity index (χ2n) is 4.50. The van der Waals surface area contributed by atoms with E-state index in [0.29, 0.717) is 0 Å². The molecule has 3 aromatic rings. The Morgan fingerprint density at radius 2 is 1.80 bits per heavy atom. The summed E-state index contributed by atoms with van der Waals surface area (Å²) in [5, 5.41) is 0.997. The van der Waals surface area contributed by atoms with Gasteiger partial charge in [0.1, 0.15) is 0 Å². The van der Waals surface area contributed by atoms with Crippen LogP contribution in [0.15, 0.2) is 54.9 Å². The van der Waals surface area contributed by atoms with Crippen molar-refractivity contribution in [1.29, 1.82) is 0 Å². The van der Waals surface area contributed by atoms with Gasteiger partial charge in [0.05, 0.1) is 17.8 Å². The SMILES string of the molecule is FC(F)(F)c1cccnc1Cn1ccc2ccccc21. The largest absolute Gasteiger partial charge is 0.418 e. The van der Waals surface area contributed by atoms with E-state index in [1.54, 1.807) is 10.8 Å². The van der Waals surface area contributed by atoms with Gasteiger partial charge in [-0.1, -0.05) is 18.2 Å². The normalized spacial score (nSPS) is 11.9. The summed E-state index contributed by atoms with van der Waals surface area (Å²) in [7, 11) is 0. The van der Waals surface area contributed by atoms with Gasteiger partial charge in [-0.05, 0) is 29.7 Å². The lowest BCUT2D eigenvalue weighted by atomic mass is 10.2. The molecule has 0 radical (unpaired) electrons. The number of hydrogen-bond donors (Lipinski definition) is 0. The zero-order valence-electron chi connectivity index (χ0n) is 10.4. The van der Waals surface area contributed by atoms with E-state index >= 15 is 0 Å². The third kappa shape index (κ3) is 2.27. The van der Waals surface area contributed by atoms with Crippen LogP contribution in [0.5, 0.6) is 0 Å². The number of halogens is 3. The number of aromatic nitrogens is 2. The smallest absolute Gasteiger partial charge is 0.341 e. The first-order valence-electron chi connectivity index (χ1n) is 6.11. The van der Waals surface area contributed by atoms with E-state index in [1.165, 1.54) is 12.3 Å². The average Bonchev–Trinajstić information content (AvgIpc) is 2.82. The van der Waals surface area contributed by atoms with Gasteiger partial charge in [-0.3, -0.25) is 4.98 Å². The van der Waals surface area contributed by atoms with E-state index in [1.807, 2.05) is 30.3 Å². The van der Waals surface area contributed by atoms with Crippen LogP contribution in [0.25, 0.3) is 10.9 Å². The van der Waals surface area contributed by atoms with Crippen LogP contribution >= 0.6 is 0 Å². The molecule has 0 spiro atoms. The summed E-state index contributed by atoms with van der Waals surface area (Å²) in [4.78, 5) is 3.89. The van der Waals surface area contributed by atoms with Gasteiger partial charge in [-0.25, -0.2) is 0 Å². The summed E-state index contributed by atoms with van der Waals surface area (Å²) in [5.74, 6) is 0. The second-order valence-corrected chi connectivity index (χ2v) is 4.50. The zero-order valence-corrected chi connectivity index (χ0v) is 10.4. The second kappa shape index (κ2) is 4.67. The van der Waals surface area contributed by atoms with Crippen molar-refractivity contribution < 1.29 is 13.2 Å². The number of para-hydroxylation sites is 1. The van der Waals surface area contributed by atoms with Crippen LogP contribution < -0.4 is 0 Å². The summed E-state index contributed by atoms with van der Waals surface area (Å²) >= 11 is 0. The Bertz CT molecular complexity index is 744. The van der Waals surface area contributed by atoms with Gasteiger partial charge >= 0.3 is 6.18 Å². The van der Waals surface area contributed by atoms with Crippen molar-refractivity contribution in [2.45, 2.75) is 12.7 Å². The standard InChI is InChI=1S/C15H11F3N2/c16-15(17,18)12-5-3-8-19-13(12)10-20-9-7-11-4-1-2-6-14(11)20/h1-9H,10H2. The van der Waals surface area contributed by atoms with E-state index < -0.39 is 11.7 Å². The predicted octanol–water partition coefficient (Wildman–Crippen LogP) is 4.10. The highest BCUT2D eigenvalue weighted by Crippen LogP contribution is 2.31. The molecule has 0 aliphatic rings. The van der Waals surface area contributed by atoms with Gasteiger partial charge in [0, 0.05) is 17.9 Å². The van der Waals surface area contributed by atoms with Crippen molar-refractivity contribution in [3.63, 3.8) is 0 Å². The maximum atomic E-state index is 12.9. The summed E-state index contributed by atoms with van der Waals surface area (Å²) in [6.07, 6.45) is -1.22. The molecule has 20 heavy (non-hydrogen) atoms. The fourth-order valence-electron chi connectivity index (χ4n) is 2.26. The van der Waals surface area contributed by atoms with Crippen LogP contribution in [0.3, 0.4) is 0 Å². The van der Waals surface area contributed by atoms with E-state index in [-0.39, 0.29) is 12.2 Å². The monoisotopic (exact) mass is 276 g/mol. The molecule has 1 aromatic carbocycles. The molecule has 0 amide bonds. The third-order valence-electron chi connectivity index (χ3n) is 3.20. The van der Waals surface area contributed by atoms with Crippen LogP contribution in [0.2, 0.25) is 0 Å². The molecule has 0 bridgehead atoms. The van der Waals surface area contributed by atoms with E-state index in [0.717, 1.165) is 17.0 Å². The van der Waals surface area contributed by atoms with Gasteiger partial charge < -0.3 is 4.57 Å². The molecule has 0 saturated carbocycles. The molecule has 5 heteroatoms. The van der Waals surface area contributed by atoms with Crippen molar-refractivity contribution in [3.8, 4) is 0 Å². The first kappa shape index (κ1) is 12.7. The number of rotatable bonds is 2. The molecule has 2 aromatic heterocycles. The van der Waals surface area contributed by atoms with Crippen LogP contribution in [0.1, 0.15) is 11.3 Å². The minimum absolute atomic E-state index is 0.0290. The molecule has 0 aliphatic heterocycles. The molecule has 0 N–H and O–H groups in total. The van der Waals surface area contributed by atoms with E-state index in [9.17, 15) is 13.2 Å². The molecule has 0 unspecified atom stereocenters. The lowest BCUT2D eigenvalue weighted by molar-refractivity contribution is -0.138. The quantitative estimate of drug-likeness (QED) is 0.689. The van der Waals surface area contributed by atoms with Crippen LogP contribution in [0.4, 0.5) is 13.2 Å². The number of benzene rings is 1. The van der Waals surface area contributed by atoms with Gasteiger partial charge in [-0.2, -0.15) is 13.2 Å². The van der Waals surface area contributed by atoms with Crippen molar-refractivity contribution in [2.75, 3.05) is 0 Å². The third-order valence-corrected chi connectivity index (χ3v) is 3.20. The van der Waals surface area contributed by atoms with Gasteiger partial charge in [0.25, 0.3) is 0 Å². The molecule has 0 saturated heterocycles. The Morgan fingerprint density at radius 3 is 2.60 bits per heavy atom. The average molecular weight is 276 g/mol. The first-order chi connectivity index (χ1) is 9.55. The highest BCUT2D eigenvalue weighted by Gasteiger charge is 2.33. The fourth-order valence-corrected chi connectivity index (χ4v) is 2.26. The summed E-state index contributed by atoms with van der Waals surface area (Å²) in [6, 6.07) is 11.8. The molecule has 3 rings (SSSR count). The van der Waals surface area contributed by atoms with E-state index in [2.05, 4.69) is 4.98 Å². The van der Waals surface area contributed by atoms with Gasteiger partial charge in [-0.15, -0.1) is 0 Å². The Morgan fingerprint density at radius 1 is 1.00 bits per heavy atom. The van der Waals surface area contributed by atoms with Crippen molar-refractivity contribution in [3.05, 3.63) is 66.1 Å². The lowest BCUT2D eigenvalue weighted by Gasteiger charge is -2.12. The molecule has 0 aliphatic carbocycles. The minimum Gasteiger partial charge on any atom is -0.341 e. The Labute approximate surface area is 113 Å². The summed E-state index contributed by atoms with van der Waals surface area (Å²) in [6.45, 7) is 0.100. The zero-order chi connectivity index (χ0) is 14.2. The molecule has 0 fully saturated rings. The van der Waals surface area contributed by atoms with Crippen molar-refractivity contribution in [1.82, 2.24) is 9.55 Å². The first-order valence-corrected chi connectivity index (χ1v) is 6.11. The predicted molar refractivity (Wildman–Crippen MR) is 70.3 cm³/mol. The number of pyridine rings is 1. The van der Waals surface area contributed by atoms with Crippen molar-refractivity contribution >= 4 is 10.9 Å². The highest BCUT2D eigenvalue weighted by molar-refractivity contribution is 5.80. The summed E-state index contributed by atoms with van der Waals surface area (Å²) in [5.41, 5.74) is 0.241. The fraction of sp³-hybridized carbons (Fsp3) is 0.133. The number of hydrogen-bond acceptors (Lipinski definition) is 1. The van der Waals surface area contributed by atoms with Gasteiger partial charge in [0.2, 0.25) is 0 Å². The molecule has 0 atom stereocenters. The maximum absolute atomic E-state index is 12.9. The Hall–Kier alpha value is -2.30. The van der Waals surface area contributed by atoms with Gasteiger partial charge in [0.15, 0.2) is 0 Å². The Balaban J connectivity index is 2.04. The topological polar surface area (TPSA) is 17.8 Å². The molecular formula is C15H11F3N2. The number of nitrogens with zero attached hydrogens (tertiary/aromatic N) is 2. The summed E-state index contributed by atoms with van der Waals surface area (Å²) < 4.78 is 40.6.